The van der Waals surface area contributed by atoms with Gasteiger partial charge < -0.3 is 10.3 Å². The summed E-state index contributed by atoms with van der Waals surface area (Å²) in [6.07, 6.45) is 0.884. The van der Waals surface area contributed by atoms with Crippen LogP contribution in [0.3, 0.4) is 0 Å². The topological polar surface area (TPSA) is 56.7 Å². The van der Waals surface area contributed by atoms with E-state index in [4.69, 9.17) is 5.73 Å². The molecule has 18 heavy (non-hydrogen) atoms. The summed E-state index contributed by atoms with van der Waals surface area (Å²) in [5.74, 6) is 0.913. The van der Waals surface area contributed by atoms with Crippen LogP contribution in [0.25, 0.3) is 0 Å². The molecule has 1 aromatic heterocycles. The molecule has 0 amide bonds. The summed E-state index contributed by atoms with van der Waals surface area (Å²) in [5, 5.41) is 9.08. The zero-order chi connectivity index (χ0) is 13.1. The molecule has 6 heteroatoms. The van der Waals surface area contributed by atoms with Crippen molar-refractivity contribution in [3.8, 4) is 0 Å². The molecule has 0 unspecified atom stereocenters. The summed E-state index contributed by atoms with van der Waals surface area (Å²) in [5.41, 5.74) is 6.80. The SMILES string of the molecule is Cc1nnc(Sc2ccc(CCN)c(Br)c2)n1C. The Morgan fingerprint density at radius 3 is 2.72 bits per heavy atom. The summed E-state index contributed by atoms with van der Waals surface area (Å²) in [4.78, 5) is 1.14. The van der Waals surface area contributed by atoms with Crippen LogP contribution in [-0.2, 0) is 13.5 Å². The first-order valence-electron chi connectivity index (χ1n) is 5.64. The molecule has 0 aliphatic rings. The first kappa shape index (κ1) is 13.6. The van der Waals surface area contributed by atoms with Crippen molar-refractivity contribution in [1.29, 1.82) is 0 Å². The Hall–Kier alpha value is -0.850. The average Bonchev–Trinajstić information content (AvgIpc) is 2.65. The molecule has 0 spiro atoms. The van der Waals surface area contributed by atoms with E-state index in [0.29, 0.717) is 6.54 Å². The quantitative estimate of drug-likeness (QED) is 0.938. The number of nitrogens with two attached hydrogens (primary N) is 1. The molecule has 0 bridgehead atoms. The largest absolute Gasteiger partial charge is 0.330 e. The Kier molecular flexibility index (Phi) is 4.42. The zero-order valence-electron chi connectivity index (χ0n) is 10.4. The van der Waals surface area contributed by atoms with Gasteiger partial charge in [0.15, 0.2) is 5.16 Å². The summed E-state index contributed by atoms with van der Waals surface area (Å²) >= 11 is 5.18. The van der Waals surface area contributed by atoms with Gasteiger partial charge in [-0.05, 0) is 49.3 Å². The molecule has 96 valence electrons. The highest BCUT2D eigenvalue weighted by molar-refractivity contribution is 9.10. The van der Waals surface area contributed by atoms with Crippen LogP contribution in [0.5, 0.6) is 0 Å². The predicted molar refractivity (Wildman–Crippen MR) is 76.8 cm³/mol. The molecule has 2 N–H and O–H groups in total. The van der Waals surface area contributed by atoms with Crippen LogP contribution in [0.2, 0.25) is 0 Å². The third kappa shape index (κ3) is 2.93. The molecule has 0 atom stereocenters. The van der Waals surface area contributed by atoms with E-state index in [1.54, 1.807) is 11.8 Å². The second-order valence-electron chi connectivity index (χ2n) is 3.98. The molecule has 0 saturated carbocycles. The predicted octanol–water partition coefficient (Wildman–Crippen LogP) is 2.54. The molecule has 4 nitrogen and oxygen atoms in total. The van der Waals surface area contributed by atoms with Gasteiger partial charge in [-0.25, -0.2) is 0 Å². The van der Waals surface area contributed by atoms with Crippen LogP contribution in [0.4, 0.5) is 0 Å². The van der Waals surface area contributed by atoms with Crippen LogP contribution >= 0.6 is 27.7 Å². The number of aromatic nitrogens is 3. The first-order valence-corrected chi connectivity index (χ1v) is 7.25. The molecule has 0 saturated heterocycles. The van der Waals surface area contributed by atoms with Crippen molar-refractivity contribution in [3.63, 3.8) is 0 Å². The average molecular weight is 327 g/mol. The molecular formula is C12H15BrN4S. The van der Waals surface area contributed by atoms with Crippen LogP contribution < -0.4 is 5.73 Å². The number of hydrogen-bond donors (Lipinski definition) is 1. The van der Waals surface area contributed by atoms with Gasteiger partial charge in [0, 0.05) is 16.4 Å². The van der Waals surface area contributed by atoms with Gasteiger partial charge in [0.05, 0.1) is 0 Å². The highest BCUT2D eigenvalue weighted by atomic mass is 79.9. The van der Waals surface area contributed by atoms with E-state index < -0.39 is 0 Å². The Morgan fingerprint density at radius 1 is 1.39 bits per heavy atom. The lowest BCUT2D eigenvalue weighted by atomic mass is 10.1. The third-order valence-electron chi connectivity index (χ3n) is 2.70. The van der Waals surface area contributed by atoms with Crippen molar-refractivity contribution < 1.29 is 0 Å². The Bertz CT molecular complexity index is 553. The van der Waals surface area contributed by atoms with Gasteiger partial charge in [-0.15, -0.1) is 10.2 Å². The van der Waals surface area contributed by atoms with E-state index in [2.05, 4.69) is 44.3 Å². The molecule has 0 radical (unpaired) electrons. The van der Waals surface area contributed by atoms with Crippen molar-refractivity contribution >= 4 is 27.7 Å². The van der Waals surface area contributed by atoms with Crippen LogP contribution in [0.1, 0.15) is 11.4 Å². The van der Waals surface area contributed by atoms with E-state index in [0.717, 1.165) is 26.8 Å². The van der Waals surface area contributed by atoms with Gasteiger partial charge in [0.2, 0.25) is 0 Å². The standard InChI is InChI=1S/C12H15BrN4S/c1-8-15-16-12(17(8)2)18-10-4-3-9(5-6-14)11(13)7-10/h3-4,7H,5-6,14H2,1-2H3. The molecule has 1 aromatic carbocycles. The van der Waals surface area contributed by atoms with Crippen molar-refractivity contribution in [3.05, 3.63) is 34.1 Å². The number of rotatable bonds is 4. The number of aryl methyl sites for hydroxylation is 1. The van der Waals surface area contributed by atoms with E-state index in [9.17, 15) is 0 Å². The maximum atomic E-state index is 5.57. The zero-order valence-corrected chi connectivity index (χ0v) is 12.8. The first-order chi connectivity index (χ1) is 8.61. The lowest BCUT2D eigenvalue weighted by Crippen LogP contribution is -2.03. The van der Waals surface area contributed by atoms with Crippen LogP contribution in [-0.4, -0.2) is 21.3 Å². The molecule has 0 aliphatic carbocycles. The molecule has 0 aliphatic heterocycles. The minimum atomic E-state index is 0.660. The van der Waals surface area contributed by atoms with Crippen LogP contribution in [0, 0.1) is 6.92 Å². The maximum absolute atomic E-state index is 5.57. The van der Waals surface area contributed by atoms with E-state index in [1.807, 2.05) is 18.5 Å². The van der Waals surface area contributed by atoms with E-state index in [-0.39, 0.29) is 0 Å². The Morgan fingerprint density at radius 2 is 2.17 bits per heavy atom. The van der Waals surface area contributed by atoms with E-state index >= 15 is 0 Å². The highest BCUT2D eigenvalue weighted by Crippen LogP contribution is 2.30. The van der Waals surface area contributed by atoms with Gasteiger partial charge >= 0.3 is 0 Å². The fraction of sp³-hybridized carbons (Fsp3) is 0.333. The van der Waals surface area contributed by atoms with Gasteiger partial charge in [0.1, 0.15) is 5.82 Å². The number of benzene rings is 1. The van der Waals surface area contributed by atoms with Crippen molar-refractivity contribution in [2.45, 2.75) is 23.4 Å². The highest BCUT2D eigenvalue weighted by Gasteiger charge is 2.08. The van der Waals surface area contributed by atoms with Gasteiger partial charge in [-0.2, -0.15) is 0 Å². The van der Waals surface area contributed by atoms with Gasteiger partial charge in [0.25, 0.3) is 0 Å². The summed E-state index contributed by atoms with van der Waals surface area (Å²) in [6.45, 7) is 2.60. The minimum Gasteiger partial charge on any atom is -0.330 e. The molecule has 1 heterocycles. The second kappa shape index (κ2) is 5.86. The smallest absolute Gasteiger partial charge is 0.195 e. The maximum Gasteiger partial charge on any atom is 0.195 e. The fourth-order valence-electron chi connectivity index (χ4n) is 1.53. The fourth-order valence-corrected chi connectivity index (χ4v) is 3.13. The second-order valence-corrected chi connectivity index (χ2v) is 5.88. The molecular weight excluding hydrogens is 312 g/mol. The number of hydrogen-bond acceptors (Lipinski definition) is 4. The van der Waals surface area contributed by atoms with Crippen molar-refractivity contribution in [1.82, 2.24) is 14.8 Å². The summed E-state index contributed by atoms with van der Waals surface area (Å²) < 4.78 is 3.07. The Balaban J connectivity index is 2.20. The third-order valence-corrected chi connectivity index (χ3v) is 4.47. The lowest BCUT2D eigenvalue weighted by Gasteiger charge is -2.06. The normalized spacial score (nSPS) is 10.9. The summed E-state index contributed by atoms with van der Waals surface area (Å²) in [7, 11) is 1.97. The van der Waals surface area contributed by atoms with Crippen molar-refractivity contribution in [2.24, 2.45) is 12.8 Å². The molecule has 2 rings (SSSR count). The lowest BCUT2D eigenvalue weighted by molar-refractivity contribution is 0.765. The van der Waals surface area contributed by atoms with E-state index in [1.165, 1.54) is 5.56 Å². The number of nitrogens with zero attached hydrogens (tertiary/aromatic N) is 3. The molecule has 2 aromatic rings. The van der Waals surface area contributed by atoms with Gasteiger partial charge in [-0.3, -0.25) is 0 Å². The minimum absolute atomic E-state index is 0.660. The monoisotopic (exact) mass is 326 g/mol. The summed E-state index contributed by atoms with van der Waals surface area (Å²) in [6, 6.07) is 6.28. The Labute approximate surface area is 119 Å². The molecule has 0 fully saturated rings. The number of halogens is 1. The van der Waals surface area contributed by atoms with Crippen LogP contribution in [0.15, 0.2) is 32.7 Å². The van der Waals surface area contributed by atoms with Crippen molar-refractivity contribution in [2.75, 3.05) is 6.54 Å². The van der Waals surface area contributed by atoms with Gasteiger partial charge in [-0.1, -0.05) is 22.0 Å².